The molecular formula is C29H29ClF3N3O3. The van der Waals surface area contributed by atoms with Crippen LogP contribution in [0.2, 0.25) is 5.02 Å². The van der Waals surface area contributed by atoms with Gasteiger partial charge in [0, 0.05) is 18.3 Å². The number of nitrogens with one attached hydrogen (secondary N) is 1. The lowest BCUT2D eigenvalue weighted by Crippen LogP contribution is -2.51. The monoisotopic (exact) mass is 559 g/mol. The van der Waals surface area contributed by atoms with Crippen molar-refractivity contribution >= 4 is 17.5 Å². The molecule has 1 saturated heterocycles. The number of carbonyl (C=O) groups excluding carboxylic acids is 1. The predicted octanol–water partition coefficient (Wildman–Crippen LogP) is 5.49. The highest BCUT2D eigenvalue weighted by Crippen LogP contribution is 2.35. The summed E-state index contributed by atoms with van der Waals surface area (Å²) in [5.74, 6) is -5.43. The fourth-order valence-electron chi connectivity index (χ4n) is 4.63. The zero-order valence-corrected chi connectivity index (χ0v) is 21.9. The standard InChI is InChI=1S/C29H29ClF3N3O3/c30-23-15-19(5-11-25(23)39-22-9-10-22)27(37)24(17-36-13-1-2-14-36)35-28(38)29(32,33)26-12-6-20(16-34-26)18-3-7-21(31)8-4-18/h3-8,11-12,15-16,22,24,27,37H,1-2,9-10,13-14,17H2,(H,35,38)/t24-,27-/m1/s1. The minimum absolute atomic E-state index is 0.140. The van der Waals surface area contributed by atoms with Crippen molar-refractivity contribution in [3.8, 4) is 16.9 Å². The van der Waals surface area contributed by atoms with E-state index >= 15 is 8.78 Å². The second-order valence-electron chi connectivity index (χ2n) is 10.1. The number of halogens is 4. The molecule has 1 aliphatic heterocycles. The summed E-state index contributed by atoms with van der Waals surface area (Å²) in [6.45, 7) is 1.69. The van der Waals surface area contributed by atoms with Crippen LogP contribution in [0.5, 0.6) is 5.75 Å². The van der Waals surface area contributed by atoms with E-state index in [9.17, 15) is 14.3 Å². The molecule has 1 amide bonds. The summed E-state index contributed by atoms with van der Waals surface area (Å²) < 4.78 is 49.5. The van der Waals surface area contributed by atoms with Gasteiger partial charge in [0.2, 0.25) is 0 Å². The molecule has 10 heteroatoms. The lowest BCUT2D eigenvalue weighted by atomic mass is 10.0. The summed E-state index contributed by atoms with van der Waals surface area (Å²) in [6.07, 6.45) is 3.90. The Hall–Kier alpha value is -3.14. The van der Waals surface area contributed by atoms with Gasteiger partial charge in [-0.2, -0.15) is 8.78 Å². The number of aliphatic hydroxyl groups is 1. The predicted molar refractivity (Wildman–Crippen MR) is 141 cm³/mol. The number of pyridine rings is 1. The molecule has 6 nitrogen and oxygen atoms in total. The summed E-state index contributed by atoms with van der Waals surface area (Å²) in [6, 6.07) is 11.8. The maximum absolute atomic E-state index is 15.3. The number of likely N-dealkylation sites (tertiary alicyclic amines) is 1. The zero-order valence-electron chi connectivity index (χ0n) is 21.1. The molecular weight excluding hydrogens is 531 g/mol. The first-order chi connectivity index (χ1) is 18.7. The molecule has 39 heavy (non-hydrogen) atoms. The van der Waals surface area contributed by atoms with Crippen molar-refractivity contribution in [1.82, 2.24) is 15.2 Å². The van der Waals surface area contributed by atoms with E-state index in [4.69, 9.17) is 16.3 Å². The molecule has 2 aromatic carbocycles. The molecule has 3 aromatic rings. The van der Waals surface area contributed by atoms with Crippen LogP contribution in [0.4, 0.5) is 13.2 Å². The number of aromatic nitrogens is 1. The third-order valence-electron chi connectivity index (χ3n) is 7.01. The highest BCUT2D eigenvalue weighted by atomic mass is 35.5. The number of carbonyl (C=O) groups is 1. The fraction of sp³-hybridized carbons (Fsp3) is 0.379. The molecule has 1 aromatic heterocycles. The molecule has 1 aliphatic carbocycles. The van der Waals surface area contributed by atoms with E-state index in [1.165, 1.54) is 36.5 Å². The lowest BCUT2D eigenvalue weighted by molar-refractivity contribution is -0.149. The SMILES string of the molecule is O=C(N[C@H](CN1CCCC1)[C@H](O)c1ccc(OC2CC2)c(Cl)c1)C(F)(F)c1ccc(-c2ccc(F)cc2)cn1. The van der Waals surface area contributed by atoms with Gasteiger partial charge in [0.25, 0.3) is 5.91 Å². The number of alkyl halides is 2. The van der Waals surface area contributed by atoms with Gasteiger partial charge in [-0.05, 0) is 80.2 Å². The quantitative estimate of drug-likeness (QED) is 0.344. The number of hydrogen-bond donors (Lipinski definition) is 2. The smallest absolute Gasteiger partial charge is 0.366 e. The van der Waals surface area contributed by atoms with Crippen LogP contribution >= 0.6 is 11.6 Å². The molecule has 1 saturated carbocycles. The van der Waals surface area contributed by atoms with E-state index in [0.717, 1.165) is 44.8 Å². The van der Waals surface area contributed by atoms with E-state index in [1.807, 2.05) is 4.90 Å². The molecule has 0 unspecified atom stereocenters. The maximum Gasteiger partial charge on any atom is 0.366 e. The number of hydrogen-bond acceptors (Lipinski definition) is 5. The third kappa shape index (κ3) is 6.54. The van der Waals surface area contributed by atoms with E-state index in [1.54, 1.807) is 18.2 Å². The summed E-state index contributed by atoms with van der Waals surface area (Å²) in [5, 5.41) is 13.9. The van der Waals surface area contributed by atoms with Gasteiger partial charge < -0.3 is 20.1 Å². The van der Waals surface area contributed by atoms with Crippen LogP contribution in [0.25, 0.3) is 11.1 Å². The van der Waals surface area contributed by atoms with E-state index < -0.39 is 35.5 Å². The van der Waals surface area contributed by atoms with Gasteiger partial charge >= 0.3 is 5.92 Å². The van der Waals surface area contributed by atoms with Gasteiger partial charge in [-0.15, -0.1) is 0 Å². The Balaban J connectivity index is 1.33. The molecule has 0 spiro atoms. The van der Waals surface area contributed by atoms with Crippen molar-refractivity contribution in [2.45, 2.75) is 49.9 Å². The van der Waals surface area contributed by atoms with Crippen molar-refractivity contribution in [2.75, 3.05) is 19.6 Å². The van der Waals surface area contributed by atoms with Gasteiger partial charge in [0.15, 0.2) is 0 Å². The fourth-order valence-corrected chi connectivity index (χ4v) is 4.86. The Bertz CT molecular complexity index is 1300. The van der Waals surface area contributed by atoms with Gasteiger partial charge in [0.1, 0.15) is 23.4 Å². The highest BCUT2D eigenvalue weighted by molar-refractivity contribution is 6.32. The number of rotatable bonds is 10. The summed E-state index contributed by atoms with van der Waals surface area (Å²) in [7, 11) is 0. The van der Waals surface area contributed by atoms with E-state index in [-0.39, 0.29) is 12.6 Å². The van der Waals surface area contributed by atoms with Crippen molar-refractivity contribution in [2.24, 2.45) is 0 Å². The first kappa shape index (κ1) is 27.4. The minimum Gasteiger partial charge on any atom is -0.489 e. The van der Waals surface area contributed by atoms with Gasteiger partial charge in [0.05, 0.1) is 17.2 Å². The minimum atomic E-state index is -3.95. The second-order valence-corrected chi connectivity index (χ2v) is 10.5. The van der Waals surface area contributed by atoms with Crippen molar-refractivity contribution < 1.29 is 27.8 Å². The van der Waals surface area contributed by atoms with Crippen molar-refractivity contribution in [3.05, 3.63) is 82.9 Å². The topological polar surface area (TPSA) is 74.7 Å². The van der Waals surface area contributed by atoms with Crippen molar-refractivity contribution in [3.63, 3.8) is 0 Å². The van der Waals surface area contributed by atoms with Crippen LogP contribution in [0.1, 0.15) is 43.0 Å². The molecule has 0 bridgehead atoms. The molecule has 2 fully saturated rings. The van der Waals surface area contributed by atoms with Gasteiger partial charge in [-0.3, -0.25) is 9.78 Å². The third-order valence-corrected chi connectivity index (χ3v) is 7.31. The van der Waals surface area contributed by atoms with Crippen LogP contribution in [-0.4, -0.2) is 52.7 Å². The molecule has 2 N–H and O–H groups in total. The summed E-state index contributed by atoms with van der Waals surface area (Å²) in [5.41, 5.74) is 0.759. The van der Waals surface area contributed by atoms with E-state index in [0.29, 0.717) is 27.5 Å². The molecule has 5 rings (SSSR count). The molecule has 0 radical (unpaired) electrons. The number of nitrogens with zero attached hydrogens (tertiary/aromatic N) is 2. The number of amides is 1. The first-order valence-electron chi connectivity index (χ1n) is 13.0. The van der Waals surface area contributed by atoms with E-state index in [2.05, 4.69) is 10.3 Å². The Labute approximate surface area is 229 Å². The average molecular weight is 560 g/mol. The summed E-state index contributed by atoms with van der Waals surface area (Å²) >= 11 is 6.36. The molecule has 2 atom stereocenters. The van der Waals surface area contributed by atoms with Gasteiger partial charge in [-0.25, -0.2) is 4.39 Å². The second kappa shape index (κ2) is 11.5. The number of ether oxygens (including phenoxy) is 1. The Morgan fingerprint density at radius 2 is 1.79 bits per heavy atom. The maximum atomic E-state index is 15.3. The van der Waals surface area contributed by atoms with Crippen LogP contribution in [-0.2, 0) is 10.7 Å². The van der Waals surface area contributed by atoms with Crippen LogP contribution in [0.3, 0.4) is 0 Å². The highest BCUT2D eigenvalue weighted by Gasteiger charge is 2.44. The Kier molecular flexibility index (Phi) is 8.11. The first-order valence-corrected chi connectivity index (χ1v) is 13.4. The number of aliphatic hydroxyl groups excluding tert-OH is 1. The largest absolute Gasteiger partial charge is 0.489 e. The Morgan fingerprint density at radius 1 is 1.10 bits per heavy atom. The number of benzene rings is 2. The lowest BCUT2D eigenvalue weighted by Gasteiger charge is -2.30. The molecule has 2 aliphatic rings. The van der Waals surface area contributed by atoms with Crippen LogP contribution in [0, 0.1) is 5.82 Å². The zero-order chi connectivity index (χ0) is 27.6. The van der Waals surface area contributed by atoms with Crippen molar-refractivity contribution in [1.29, 1.82) is 0 Å². The average Bonchev–Trinajstić information content (AvgIpc) is 3.61. The molecule has 206 valence electrons. The Morgan fingerprint density at radius 3 is 2.41 bits per heavy atom. The van der Waals surface area contributed by atoms with Crippen LogP contribution < -0.4 is 10.1 Å². The van der Waals surface area contributed by atoms with Gasteiger partial charge in [-0.1, -0.05) is 35.9 Å². The summed E-state index contributed by atoms with van der Waals surface area (Å²) in [4.78, 5) is 18.8. The molecule has 2 heterocycles. The normalized spacial score (nSPS) is 17.6. The van der Waals surface area contributed by atoms with Crippen LogP contribution in [0.15, 0.2) is 60.8 Å².